The number of aryl methyl sites for hydroxylation is 2. The molecule has 2 aliphatic rings. The van der Waals surface area contributed by atoms with E-state index in [1.807, 2.05) is 24.3 Å². The van der Waals surface area contributed by atoms with Crippen LogP contribution in [0.15, 0.2) is 42.5 Å². The van der Waals surface area contributed by atoms with Crippen molar-refractivity contribution in [2.45, 2.75) is 44.3 Å². The second kappa shape index (κ2) is 4.60. The summed E-state index contributed by atoms with van der Waals surface area (Å²) in [4.78, 5) is 0. The van der Waals surface area contributed by atoms with Gasteiger partial charge in [0.05, 0.1) is 6.10 Å². The molecule has 0 spiro atoms. The van der Waals surface area contributed by atoms with Gasteiger partial charge in [-0.15, -0.1) is 0 Å². The van der Waals surface area contributed by atoms with Crippen LogP contribution >= 0.6 is 0 Å². The van der Waals surface area contributed by atoms with Gasteiger partial charge < -0.3 is 9.84 Å². The second-order valence-electron chi connectivity index (χ2n) is 6.37. The van der Waals surface area contributed by atoms with E-state index in [4.69, 9.17) is 4.74 Å². The fraction of sp³-hybridized carbons (Fsp3) is 0.368. The van der Waals surface area contributed by atoms with Gasteiger partial charge in [-0.1, -0.05) is 35.9 Å². The Labute approximate surface area is 125 Å². The van der Waals surface area contributed by atoms with Gasteiger partial charge in [0.25, 0.3) is 0 Å². The summed E-state index contributed by atoms with van der Waals surface area (Å²) in [5, 5.41) is 11.3. The summed E-state index contributed by atoms with van der Waals surface area (Å²) < 4.78 is 5.87. The van der Waals surface area contributed by atoms with Crippen LogP contribution in [0.5, 0.6) is 5.75 Å². The molecule has 0 saturated heterocycles. The second-order valence-corrected chi connectivity index (χ2v) is 6.37. The maximum atomic E-state index is 11.3. The molecule has 0 aromatic heterocycles. The number of ether oxygens (including phenoxy) is 1. The van der Waals surface area contributed by atoms with Crippen LogP contribution in [0.25, 0.3) is 0 Å². The van der Waals surface area contributed by atoms with Gasteiger partial charge in [-0.05, 0) is 61.4 Å². The number of benzene rings is 2. The molecule has 0 heterocycles. The maximum absolute atomic E-state index is 11.3. The Morgan fingerprint density at radius 2 is 2.00 bits per heavy atom. The first-order chi connectivity index (χ1) is 10.1. The number of hydrogen-bond acceptors (Lipinski definition) is 2. The molecule has 2 aromatic carbocycles. The van der Waals surface area contributed by atoms with E-state index in [9.17, 15) is 5.11 Å². The van der Waals surface area contributed by atoms with Gasteiger partial charge in [-0.2, -0.15) is 0 Å². The summed E-state index contributed by atoms with van der Waals surface area (Å²) in [5.41, 5.74) is 3.59. The number of rotatable bonds is 3. The van der Waals surface area contributed by atoms with Gasteiger partial charge in [-0.3, -0.25) is 0 Å². The van der Waals surface area contributed by atoms with Crippen LogP contribution in [0.4, 0.5) is 0 Å². The molecule has 1 unspecified atom stereocenters. The van der Waals surface area contributed by atoms with Crippen molar-refractivity contribution in [2.75, 3.05) is 0 Å². The fourth-order valence-corrected chi connectivity index (χ4v) is 3.25. The van der Waals surface area contributed by atoms with Crippen molar-refractivity contribution < 1.29 is 9.84 Å². The lowest BCUT2D eigenvalue weighted by molar-refractivity contribution is 0.0825. The first-order valence-corrected chi connectivity index (χ1v) is 7.75. The molecule has 2 aliphatic carbocycles. The Bertz CT molecular complexity index is 688. The quantitative estimate of drug-likeness (QED) is 0.928. The molecule has 4 rings (SSSR count). The van der Waals surface area contributed by atoms with Gasteiger partial charge in [0.2, 0.25) is 0 Å². The third kappa shape index (κ3) is 2.24. The predicted molar refractivity (Wildman–Crippen MR) is 82.6 cm³/mol. The highest BCUT2D eigenvalue weighted by atomic mass is 16.5. The molecule has 1 atom stereocenters. The first-order valence-electron chi connectivity index (χ1n) is 7.75. The summed E-state index contributed by atoms with van der Waals surface area (Å²) in [6.45, 7) is 2.08. The van der Waals surface area contributed by atoms with Crippen molar-refractivity contribution in [3.63, 3.8) is 0 Å². The van der Waals surface area contributed by atoms with Crippen molar-refractivity contribution in [3.05, 3.63) is 64.7 Å². The molecule has 108 valence electrons. The monoisotopic (exact) mass is 280 g/mol. The minimum atomic E-state index is -0.871. The van der Waals surface area contributed by atoms with Crippen LogP contribution in [0.1, 0.15) is 41.5 Å². The average Bonchev–Trinajstić information content (AvgIpc) is 3.23. The Morgan fingerprint density at radius 3 is 2.81 bits per heavy atom. The van der Waals surface area contributed by atoms with E-state index in [1.54, 1.807) is 0 Å². The Morgan fingerprint density at radius 1 is 1.14 bits per heavy atom. The molecular formula is C19H20O2. The predicted octanol–water partition coefficient (Wildman–Crippen LogP) is 3.72. The highest BCUT2D eigenvalue weighted by Gasteiger charge is 2.38. The van der Waals surface area contributed by atoms with Gasteiger partial charge in [0, 0.05) is 0 Å². The summed E-state index contributed by atoms with van der Waals surface area (Å²) in [6.07, 6.45) is 4.36. The van der Waals surface area contributed by atoms with Crippen molar-refractivity contribution in [3.8, 4) is 5.75 Å². The van der Waals surface area contributed by atoms with Crippen molar-refractivity contribution >= 4 is 0 Å². The smallest absolute Gasteiger partial charge is 0.120 e. The van der Waals surface area contributed by atoms with E-state index in [-0.39, 0.29) is 0 Å². The standard InChI is InChI=1S/C19H20O2/c1-13-5-6-14-9-10-19(20,18(14)11-13)15-3-2-4-17(12-15)21-16-7-8-16/h2-6,11-12,16,20H,7-10H2,1H3. The SMILES string of the molecule is Cc1ccc2c(c1)C(O)(c1cccc(OC3CC3)c1)CC2. The fourth-order valence-electron chi connectivity index (χ4n) is 3.25. The van der Waals surface area contributed by atoms with Gasteiger partial charge in [0.1, 0.15) is 11.4 Å². The molecule has 0 amide bonds. The molecular weight excluding hydrogens is 260 g/mol. The minimum Gasteiger partial charge on any atom is -0.490 e. The van der Waals surface area contributed by atoms with E-state index >= 15 is 0 Å². The highest BCUT2D eigenvalue weighted by Crippen LogP contribution is 2.43. The highest BCUT2D eigenvalue weighted by molar-refractivity contribution is 5.48. The number of fused-ring (bicyclic) bond motifs is 1. The topological polar surface area (TPSA) is 29.5 Å². The minimum absolute atomic E-state index is 0.382. The molecule has 1 N–H and O–H groups in total. The van der Waals surface area contributed by atoms with E-state index in [2.05, 4.69) is 25.1 Å². The number of hydrogen-bond donors (Lipinski definition) is 1. The summed E-state index contributed by atoms with van der Waals surface area (Å²) in [6, 6.07) is 14.4. The van der Waals surface area contributed by atoms with Gasteiger partial charge in [-0.25, -0.2) is 0 Å². The first kappa shape index (κ1) is 12.9. The molecule has 1 saturated carbocycles. The van der Waals surface area contributed by atoms with Crippen LogP contribution in [0.3, 0.4) is 0 Å². The van der Waals surface area contributed by atoms with Crippen LogP contribution < -0.4 is 4.74 Å². The van der Waals surface area contributed by atoms with E-state index < -0.39 is 5.60 Å². The molecule has 2 heteroatoms. The molecule has 2 aromatic rings. The lowest BCUT2D eigenvalue weighted by atomic mass is 9.87. The van der Waals surface area contributed by atoms with Crippen molar-refractivity contribution in [1.29, 1.82) is 0 Å². The Hall–Kier alpha value is -1.80. The van der Waals surface area contributed by atoms with Gasteiger partial charge in [0.15, 0.2) is 0 Å². The average molecular weight is 280 g/mol. The van der Waals surface area contributed by atoms with E-state index in [1.165, 1.54) is 11.1 Å². The third-order valence-corrected chi connectivity index (χ3v) is 4.61. The zero-order valence-electron chi connectivity index (χ0n) is 12.3. The Balaban J connectivity index is 1.74. The van der Waals surface area contributed by atoms with Crippen molar-refractivity contribution in [1.82, 2.24) is 0 Å². The molecule has 0 bridgehead atoms. The third-order valence-electron chi connectivity index (χ3n) is 4.61. The number of aliphatic hydroxyl groups is 1. The van der Waals surface area contributed by atoms with Crippen LogP contribution in [0, 0.1) is 6.92 Å². The summed E-state index contributed by atoms with van der Waals surface area (Å²) >= 11 is 0. The molecule has 0 radical (unpaired) electrons. The van der Waals surface area contributed by atoms with E-state index in [0.29, 0.717) is 6.10 Å². The van der Waals surface area contributed by atoms with Crippen LogP contribution in [-0.4, -0.2) is 11.2 Å². The maximum Gasteiger partial charge on any atom is 0.120 e. The van der Waals surface area contributed by atoms with Crippen LogP contribution in [-0.2, 0) is 12.0 Å². The Kier molecular flexibility index (Phi) is 2.83. The molecule has 0 aliphatic heterocycles. The molecule has 2 nitrogen and oxygen atoms in total. The lowest BCUT2D eigenvalue weighted by Gasteiger charge is -2.25. The normalized spacial score (nSPS) is 23.9. The zero-order chi connectivity index (χ0) is 14.4. The molecule has 21 heavy (non-hydrogen) atoms. The zero-order valence-corrected chi connectivity index (χ0v) is 12.3. The summed E-state index contributed by atoms with van der Waals surface area (Å²) in [7, 11) is 0. The largest absolute Gasteiger partial charge is 0.490 e. The molecule has 1 fully saturated rings. The summed E-state index contributed by atoms with van der Waals surface area (Å²) in [5.74, 6) is 0.879. The van der Waals surface area contributed by atoms with Crippen molar-refractivity contribution in [2.24, 2.45) is 0 Å². The van der Waals surface area contributed by atoms with Crippen LogP contribution in [0.2, 0.25) is 0 Å². The lowest BCUT2D eigenvalue weighted by Crippen LogP contribution is -2.24. The van der Waals surface area contributed by atoms with Gasteiger partial charge >= 0.3 is 0 Å². The van der Waals surface area contributed by atoms with E-state index in [0.717, 1.165) is 42.6 Å².